The predicted molar refractivity (Wildman–Crippen MR) is 86.7 cm³/mol. The summed E-state index contributed by atoms with van der Waals surface area (Å²) in [6.45, 7) is 6.79. The third-order valence-corrected chi connectivity index (χ3v) is 3.92. The Morgan fingerprint density at radius 2 is 1.26 bits per heavy atom. The summed E-state index contributed by atoms with van der Waals surface area (Å²) in [6.07, 6.45) is 11.2. The van der Waals surface area contributed by atoms with Crippen LogP contribution in [-0.4, -0.2) is 0 Å². The molecule has 0 saturated carbocycles. The van der Waals surface area contributed by atoms with Crippen molar-refractivity contribution in [2.24, 2.45) is 0 Å². The molecule has 0 aliphatic rings. The molecule has 0 spiro atoms. The average Bonchev–Trinajstić information content (AvgIpc) is 2.42. The lowest BCUT2D eigenvalue weighted by molar-refractivity contribution is 0.736. The molecule has 0 aromatic heterocycles. The first kappa shape index (κ1) is 16.1. The van der Waals surface area contributed by atoms with Gasteiger partial charge in [0.2, 0.25) is 0 Å². The summed E-state index contributed by atoms with van der Waals surface area (Å²) in [7, 11) is 0. The molecule has 0 bridgehead atoms. The molecule has 0 aliphatic carbocycles. The van der Waals surface area contributed by atoms with Crippen LogP contribution in [0.15, 0.2) is 12.1 Å². The highest BCUT2D eigenvalue weighted by Gasteiger charge is 2.11. The third-order valence-electron chi connectivity index (χ3n) is 3.92. The van der Waals surface area contributed by atoms with Crippen LogP contribution in [0.2, 0.25) is 0 Å². The van der Waals surface area contributed by atoms with E-state index in [1.165, 1.54) is 56.9 Å². The predicted octanol–water partition coefficient (Wildman–Crippen LogP) is 5.30. The van der Waals surface area contributed by atoms with E-state index >= 15 is 0 Å². The fourth-order valence-electron chi connectivity index (χ4n) is 2.67. The van der Waals surface area contributed by atoms with Gasteiger partial charge in [0.15, 0.2) is 0 Å². The second-order valence-corrected chi connectivity index (χ2v) is 5.58. The van der Waals surface area contributed by atoms with Crippen LogP contribution in [-0.2, 0) is 19.3 Å². The first-order valence-electron chi connectivity index (χ1n) is 8.13. The van der Waals surface area contributed by atoms with E-state index in [1.807, 2.05) is 0 Å². The van der Waals surface area contributed by atoms with Gasteiger partial charge in [-0.3, -0.25) is 0 Å². The van der Waals surface area contributed by atoms with Gasteiger partial charge in [0.1, 0.15) is 0 Å². The zero-order valence-electron chi connectivity index (χ0n) is 13.1. The second-order valence-electron chi connectivity index (χ2n) is 5.58. The molecular weight excluding hydrogens is 230 g/mol. The first-order chi connectivity index (χ1) is 9.24. The van der Waals surface area contributed by atoms with Crippen LogP contribution in [0.4, 0.5) is 5.69 Å². The smallest absolute Gasteiger partial charge is 0.0349 e. The Kier molecular flexibility index (Phi) is 7.62. The van der Waals surface area contributed by atoms with Crippen molar-refractivity contribution < 1.29 is 0 Å². The van der Waals surface area contributed by atoms with E-state index in [0.717, 1.165) is 12.1 Å². The summed E-state index contributed by atoms with van der Waals surface area (Å²) in [5.74, 6) is 0. The Morgan fingerprint density at radius 3 is 1.84 bits per heavy atom. The van der Waals surface area contributed by atoms with E-state index < -0.39 is 0 Å². The summed E-state index contributed by atoms with van der Waals surface area (Å²) in [6, 6.07) is 4.40. The van der Waals surface area contributed by atoms with Gasteiger partial charge >= 0.3 is 0 Å². The molecule has 0 unspecified atom stereocenters. The summed E-state index contributed by atoms with van der Waals surface area (Å²) >= 11 is 0. The molecule has 0 amide bonds. The number of hydrogen-bond acceptors (Lipinski definition) is 1. The van der Waals surface area contributed by atoms with Gasteiger partial charge < -0.3 is 5.73 Å². The second kappa shape index (κ2) is 9.01. The van der Waals surface area contributed by atoms with E-state index in [0.29, 0.717) is 0 Å². The van der Waals surface area contributed by atoms with Gasteiger partial charge in [0, 0.05) is 5.69 Å². The fraction of sp³-hybridized carbons (Fsp3) is 0.667. The van der Waals surface area contributed by atoms with E-state index in [2.05, 4.69) is 32.9 Å². The number of aryl methyl sites for hydroxylation is 1. The number of anilines is 1. The van der Waals surface area contributed by atoms with E-state index in [9.17, 15) is 0 Å². The number of unbranched alkanes of at least 4 members (excludes halogenated alkanes) is 3. The highest BCUT2D eigenvalue weighted by atomic mass is 14.6. The molecule has 2 N–H and O–H groups in total. The zero-order chi connectivity index (χ0) is 14.1. The number of rotatable bonds is 9. The van der Waals surface area contributed by atoms with Crippen molar-refractivity contribution in [1.82, 2.24) is 0 Å². The van der Waals surface area contributed by atoms with Crippen LogP contribution in [0.5, 0.6) is 0 Å². The Balaban J connectivity index is 3.00. The van der Waals surface area contributed by atoms with Gasteiger partial charge in [-0.15, -0.1) is 0 Å². The maximum absolute atomic E-state index is 6.23. The Morgan fingerprint density at radius 1 is 0.737 bits per heavy atom. The summed E-state index contributed by atoms with van der Waals surface area (Å²) < 4.78 is 0. The standard InChI is InChI=1S/C18H31N/c1-4-7-10-15-13-14-18(19)17(12-9-6-3)16(15)11-8-5-2/h13-14H,4-12,19H2,1-3H3. The van der Waals surface area contributed by atoms with Crippen LogP contribution in [0.3, 0.4) is 0 Å². The maximum atomic E-state index is 6.23. The molecule has 1 heteroatoms. The molecule has 0 heterocycles. The minimum Gasteiger partial charge on any atom is -0.398 e. The largest absolute Gasteiger partial charge is 0.398 e. The number of benzene rings is 1. The molecule has 0 atom stereocenters. The van der Waals surface area contributed by atoms with Crippen molar-refractivity contribution in [1.29, 1.82) is 0 Å². The molecule has 0 fully saturated rings. The fourth-order valence-corrected chi connectivity index (χ4v) is 2.67. The van der Waals surface area contributed by atoms with Crippen molar-refractivity contribution in [3.63, 3.8) is 0 Å². The highest BCUT2D eigenvalue weighted by Crippen LogP contribution is 2.26. The normalized spacial score (nSPS) is 10.9. The van der Waals surface area contributed by atoms with Crippen molar-refractivity contribution in [2.45, 2.75) is 78.6 Å². The van der Waals surface area contributed by atoms with Gasteiger partial charge in [-0.05, 0) is 61.3 Å². The molecule has 1 nitrogen and oxygen atoms in total. The number of nitrogen functional groups attached to an aromatic ring is 1. The molecule has 108 valence electrons. The van der Waals surface area contributed by atoms with E-state index in [-0.39, 0.29) is 0 Å². The van der Waals surface area contributed by atoms with Gasteiger partial charge in [-0.25, -0.2) is 0 Å². The van der Waals surface area contributed by atoms with E-state index in [1.54, 1.807) is 11.1 Å². The minimum absolute atomic E-state index is 1.01. The van der Waals surface area contributed by atoms with Crippen LogP contribution in [0, 0.1) is 0 Å². The van der Waals surface area contributed by atoms with Crippen LogP contribution >= 0.6 is 0 Å². The quantitative estimate of drug-likeness (QED) is 0.600. The topological polar surface area (TPSA) is 26.0 Å². The summed E-state index contributed by atoms with van der Waals surface area (Å²) in [5, 5.41) is 0. The van der Waals surface area contributed by atoms with E-state index in [4.69, 9.17) is 5.73 Å². The van der Waals surface area contributed by atoms with Gasteiger partial charge in [-0.2, -0.15) is 0 Å². The Labute approximate surface area is 119 Å². The maximum Gasteiger partial charge on any atom is 0.0349 e. The SMILES string of the molecule is CCCCc1ccc(N)c(CCCC)c1CCCC. The van der Waals surface area contributed by atoms with Gasteiger partial charge in [-0.1, -0.05) is 46.1 Å². The Hall–Kier alpha value is -0.980. The molecule has 1 rings (SSSR count). The summed E-state index contributed by atoms with van der Waals surface area (Å²) in [4.78, 5) is 0. The monoisotopic (exact) mass is 261 g/mol. The third kappa shape index (κ3) is 4.89. The number of nitrogens with two attached hydrogens (primary N) is 1. The first-order valence-corrected chi connectivity index (χ1v) is 8.13. The van der Waals surface area contributed by atoms with Crippen molar-refractivity contribution >= 4 is 5.69 Å². The van der Waals surface area contributed by atoms with Crippen molar-refractivity contribution in [3.8, 4) is 0 Å². The van der Waals surface area contributed by atoms with Crippen LogP contribution < -0.4 is 5.73 Å². The molecule has 0 aliphatic heterocycles. The summed E-state index contributed by atoms with van der Waals surface area (Å²) in [5.41, 5.74) is 11.8. The lowest BCUT2D eigenvalue weighted by atomic mass is 9.90. The molecular formula is C18H31N. The minimum atomic E-state index is 1.01. The Bertz CT molecular complexity index is 368. The molecule has 19 heavy (non-hydrogen) atoms. The zero-order valence-corrected chi connectivity index (χ0v) is 13.1. The molecule has 0 saturated heterocycles. The molecule has 1 aromatic rings. The highest BCUT2D eigenvalue weighted by molar-refractivity contribution is 5.54. The van der Waals surface area contributed by atoms with Crippen LogP contribution in [0.1, 0.15) is 76.0 Å². The molecule has 1 aromatic carbocycles. The molecule has 0 radical (unpaired) electrons. The van der Waals surface area contributed by atoms with Crippen molar-refractivity contribution in [3.05, 3.63) is 28.8 Å². The lowest BCUT2D eigenvalue weighted by Crippen LogP contribution is -2.05. The van der Waals surface area contributed by atoms with Crippen molar-refractivity contribution in [2.75, 3.05) is 5.73 Å². The van der Waals surface area contributed by atoms with Crippen LogP contribution in [0.25, 0.3) is 0 Å². The number of hydrogen-bond donors (Lipinski definition) is 1. The van der Waals surface area contributed by atoms with Gasteiger partial charge in [0.05, 0.1) is 0 Å². The average molecular weight is 261 g/mol. The van der Waals surface area contributed by atoms with Gasteiger partial charge in [0.25, 0.3) is 0 Å². The lowest BCUT2D eigenvalue weighted by Gasteiger charge is -2.17.